The third-order valence-corrected chi connectivity index (χ3v) is 4.88. The van der Waals surface area contributed by atoms with Crippen molar-refractivity contribution >= 4 is 5.69 Å². The molecule has 1 aliphatic heterocycles. The first kappa shape index (κ1) is 17.5. The molecule has 140 valence electrons. The van der Waals surface area contributed by atoms with Gasteiger partial charge in [0.05, 0.1) is 13.7 Å². The summed E-state index contributed by atoms with van der Waals surface area (Å²) in [5, 5.41) is 8.41. The first-order chi connectivity index (χ1) is 13.2. The van der Waals surface area contributed by atoms with Gasteiger partial charge in [0.1, 0.15) is 5.75 Å². The summed E-state index contributed by atoms with van der Waals surface area (Å²) in [4.78, 5) is 4.79. The zero-order chi connectivity index (χ0) is 18.6. The highest BCUT2D eigenvalue weighted by atomic mass is 16.5. The van der Waals surface area contributed by atoms with Crippen LogP contribution in [-0.2, 0) is 6.54 Å². The maximum Gasteiger partial charge on any atom is 0.247 e. The Kier molecular flexibility index (Phi) is 5.07. The fourth-order valence-corrected chi connectivity index (χ4v) is 3.37. The maximum absolute atomic E-state index is 5.87. The Balaban J connectivity index is 1.36. The highest BCUT2D eigenvalue weighted by Crippen LogP contribution is 2.23. The monoisotopic (exact) mass is 364 g/mol. The van der Waals surface area contributed by atoms with E-state index < -0.39 is 0 Å². The van der Waals surface area contributed by atoms with Crippen LogP contribution in [0.5, 0.6) is 5.75 Å². The normalized spacial score (nSPS) is 15.1. The molecule has 0 bridgehead atoms. The number of benzene rings is 2. The van der Waals surface area contributed by atoms with Gasteiger partial charge < -0.3 is 14.1 Å². The van der Waals surface area contributed by atoms with Gasteiger partial charge in [0.25, 0.3) is 0 Å². The zero-order valence-electron chi connectivity index (χ0n) is 15.8. The van der Waals surface area contributed by atoms with Crippen molar-refractivity contribution in [3.63, 3.8) is 0 Å². The molecule has 1 fully saturated rings. The molecule has 0 aliphatic carbocycles. The average molecular weight is 364 g/mol. The van der Waals surface area contributed by atoms with Crippen LogP contribution >= 0.6 is 0 Å². The van der Waals surface area contributed by atoms with Crippen molar-refractivity contribution in [1.29, 1.82) is 0 Å². The Morgan fingerprint density at radius 3 is 2.59 bits per heavy atom. The summed E-state index contributed by atoms with van der Waals surface area (Å²) >= 11 is 0. The van der Waals surface area contributed by atoms with E-state index in [0.717, 1.165) is 37.5 Å². The number of hydrogen-bond acceptors (Lipinski definition) is 6. The molecule has 1 saturated heterocycles. The fraction of sp³-hybridized carbons (Fsp3) is 0.333. The van der Waals surface area contributed by atoms with E-state index in [2.05, 4.69) is 51.2 Å². The van der Waals surface area contributed by atoms with Crippen LogP contribution in [-0.4, -0.2) is 48.4 Å². The highest BCUT2D eigenvalue weighted by molar-refractivity contribution is 5.55. The minimum Gasteiger partial charge on any atom is -0.497 e. The van der Waals surface area contributed by atoms with E-state index in [9.17, 15) is 0 Å². The summed E-state index contributed by atoms with van der Waals surface area (Å²) in [5.41, 5.74) is 3.47. The van der Waals surface area contributed by atoms with Crippen LogP contribution in [0.3, 0.4) is 0 Å². The molecule has 0 radical (unpaired) electrons. The van der Waals surface area contributed by atoms with E-state index in [1.807, 2.05) is 24.3 Å². The van der Waals surface area contributed by atoms with Crippen molar-refractivity contribution in [3.8, 4) is 17.2 Å². The molecule has 1 aliphatic rings. The minimum atomic E-state index is 0.530. The Morgan fingerprint density at radius 1 is 1.00 bits per heavy atom. The Bertz CT molecular complexity index is 900. The number of anilines is 1. The van der Waals surface area contributed by atoms with E-state index in [0.29, 0.717) is 18.3 Å². The Labute approximate surface area is 159 Å². The lowest BCUT2D eigenvalue weighted by atomic mass is 10.2. The fourth-order valence-electron chi connectivity index (χ4n) is 3.37. The molecular formula is C21H24N4O2. The summed E-state index contributed by atoms with van der Waals surface area (Å²) < 4.78 is 11.1. The molecule has 2 aromatic carbocycles. The lowest BCUT2D eigenvalue weighted by Crippen LogP contribution is -2.46. The van der Waals surface area contributed by atoms with E-state index in [1.54, 1.807) is 7.11 Å². The summed E-state index contributed by atoms with van der Waals surface area (Å²) in [6.07, 6.45) is 0. The number of ether oxygens (including phenoxy) is 1. The van der Waals surface area contributed by atoms with E-state index in [1.165, 1.54) is 11.3 Å². The van der Waals surface area contributed by atoms with Crippen LogP contribution in [0, 0.1) is 6.92 Å². The smallest absolute Gasteiger partial charge is 0.247 e. The van der Waals surface area contributed by atoms with Crippen LogP contribution in [0.25, 0.3) is 11.5 Å². The van der Waals surface area contributed by atoms with Gasteiger partial charge in [0, 0.05) is 37.4 Å². The van der Waals surface area contributed by atoms with Gasteiger partial charge in [-0.15, -0.1) is 10.2 Å². The molecule has 0 atom stereocenters. The summed E-state index contributed by atoms with van der Waals surface area (Å²) in [6, 6.07) is 16.3. The standard InChI is InChI=1S/C21H24N4O2/c1-16-5-3-7-18(13-16)25-11-9-24(10-12-25)15-20-22-23-21(27-20)17-6-4-8-19(14-17)26-2/h3-8,13-14H,9-12,15H2,1-2H3. The number of aryl methyl sites for hydroxylation is 1. The van der Waals surface area contributed by atoms with Crippen LogP contribution < -0.4 is 9.64 Å². The summed E-state index contributed by atoms with van der Waals surface area (Å²) in [7, 11) is 1.65. The van der Waals surface area contributed by atoms with Crippen molar-refractivity contribution in [2.75, 3.05) is 38.2 Å². The summed E-state index contributed by atoms with van der Waals surface area (Å²) in [6.45, 7) is 6.77. The number of methoxy groups -OCH3 is 1. The molecule has 0 amide bonds. The molecule has 2 heterocycles. The number of aromatic nitrogens is 2. The maximum atomic E-state index is 5.87. The molecule has 0 spiro atoms. The van der Waals surface area contributed by atoms with Gasteiger partial charge in [0.2, 0.25) is 11.8 Å². The van der Waals surface area contributed by atoms with Crippen molar-refractivity contribution in [1.82, 2.24) is 15.1 Å². The Morgan fingerprint density at radius 2 is 1.81 bits per heavy atom. The molecule has 27 heavy (non-hydrogen) atoms. The first-order valence-electron chi connectivity index (χ1n) is 9.22. The van der Waals surface area contributed by atoms with Crippen LogP contribution in [0.1, 0.15) is 11.5 Å². The quantitative estimate of drug-likeness (QED) is 0.692. The Hall–Kier alpha value is -2.86. The predicted octanol–water partition coefficient (Wildman–Crippen LogP) is 3.38. The van der Waals surface area contributed by atoms with Crippen molar-refractivity contribution in [2.24, 2.45) is 0 Å². The third-order valence-electron chi connectivity index (χ3n) is 4.88. The molecule has 0 unspecified atom stereocenters. The number of hydrogen-bond donors (Lipinski definition) is 0. The highest BCUT2D eigenvalue weighted by Gasteiger charge is 2.19. The largest absolute Gasteiger partial charge is 0.497 e. The van der Waals surface area contributed by atoms with Crippen LogP contribution in [0.2, 0.25) is 0 Å². The topological polar surface area (TPSA) is 54.6 Å². The molecule has 0 N–H and O–H groups in total. The van der Waals surface area contributed by atoms with Crippen LogP contribution in [0.4, 0.5) is 5.69 Å². The predicted molar refractivity (Wildman–Crippen MR) is 105 cm³/mol. The lowest BCUT2D eigenvalue weighted by molar-refractivity contribution is 0.227. The zero-order valence-corrected chi connectivity index (χ0v) is 15.8. The molecule has 6 nitrogen and oxygen atoms in total. The second-order valence-corrected chi connectivity index (χ2v) is 6.84. The lowest BCUT2D eigenvalue weighted by Gasteiger charge is -2.35. The van der Waals surface area contributed by atoms with Gasteiger partial charge in [-0.25, -0.2) is 0 Å². The van der Waals surface area contributed by atoms with Gasteiger partial charge in [-0.2, -0.15) is 0 Å². The summed E-state index contributed by atoms with van der Waals surface area (Å²) in [5.74, 6) is 1.96. The second kappa shape index (κ2) is 7.80. The van der Waals surface area contributed by atoms with Gasteiger partial charge in [-0.05, 0) is 42.8 Å². The number of nitrogens with zero attached hydrogens (tertiary/aromatic N) is 4. The third kappa shape index (κ3) is 4.11. The molecule has 6 heteroatoms. The number of piperazine rings is 1. The first-order valence-corrected chi connectivity index (χ1v) is 9.22. The van der Waals surface area contributed by atoms with Crippen LogP contribution in [0.15, 0.2) is 52.9 Å². The SMILES string of the molecule is COc1cccc(-c2nnc(CN3CCN(c4cccc(C)c4)CC3)o2)c1. The number of rotatable bonds is 5. The molecule has 3 aromatic rings. The van der Waals surface area contributed by atoms with Crippen molar-refractivity contribution in [2.45, 2.75) is 13.5 Å². The molecule has 1 aromatic heterocycles. The van der Waals surface area contributed by atoms with E-state index >= 15 is 0 Å². The van der Waals surface area contributed by atoms with E-state index in [-0.39, 0.29) is 0 Å². The second-order valence-electron chi connectivity index (χ2n) is 6.84. The van der Waals surface area contributed by atoms with Crippen molar-refractivity contribution < 1.29 is 9.15 Å². The minimum absolute atomic E-state index is 0.530. The van der Waals surface area contributed by atoms with E-state index in [4.69, 9.17) is 9.15 Å². The molecular weight excluding hydrogens is 340 g/mol. The molecule has 4 rings (SSSR count). The average Bonchev–Trinajstić information content (AvgIpc) is 3.17. The van der Waals surface area contributed by atoms with Gasteiger partial charge >= 0.3 is 0 Å². The van der Waals surface area contributed by atoms with Crippen molar-refractivity contribution in [3.05, 3.63) is 60.0 Å². The molecule has 0 saturated carbocycles. The van der Waals surface area contributed by atoms with Gasteiger partial charge in [-0.3, -0.25) is 4.90 Å². The van der Waals surface area contributed by atoms with Gasteiger partial charge in [-0.1, -0.05) is 18.2 Å². The van der Waals surface area contributed by atoms with Gasteiger partial charge in [0.15, 0.2) is 0 Å².